The highest BCUT2D eigenvalue weighted by Gasteiger charge is 2.12. The van der Waals surface area contributed by atoms with Gasteiger partial charge in [-0.2, -0.15) is 0 Å². The molecular formula is C10H15NO4. The molecule has 0 aliphatic carbocycles. The highest BCUT2D eigenvalue weighted by atomic mass is 16.6. The molecule has 0 radical (unpaired) electrons. The van der Waals surface area contributed by atoms with Gasteiger partial charge in [0.1, 0.15) is 13.2 Å². The molecule has 0 atom stereocenters. The highest BCUT2D eigenvalue weighted by Crippen LogP contribution is 2.06. The first-order valence-corrected chi connectivity index (χ1v) is 4.90. The van der Waals surface area contributed by atoms with Gasteiger partial charge in [-0.25, -0.2) is 4.79 Å². The summed E-state index contributed by atoms with van der Waals surface area (Å²) < 4.78 is 9.55. The van der Waals surface area contributed by atoms with Gasteiger partial charge in [-0.3, -0.25) is 4.79 Å². The van der Waals surface area contributed by atoms with Crippen LogP contribution in [0.2, 0.25) is 0 Å². The van der Waals surface area contributed by atoms with Crippen molar-refractivity contribution in [3.63, 3.8) is 0 Å². The van der Waals surface area contributed by atoms with Gasteiger partial charge in [-0.1, -0.05) is 6.08 Å². The molecule has 5 heteroatoms. The fourth-order valence-corrected chi connectivity index (χ4v) is 1.22. The van der Waals surface area contributed by atoms with E-state index >= 15 is 0 Å². The minimum absolute atomic E-state index is 0.114. The molecule has 0 bridgehead atoms. The SMILES string of the molecule is CC(=O)OCCOC(=O)C1=CCNCC1. The Morgan fingerprint density at radius 3 is 2.73 bits per heavy atom. The van der Waals surface area contributed by atoms with Crippen molar-refractivity contribution in [2.45, 2.75) is 13.3 Å². The summed E-state index contributed by atoms with van der Waals surface area (Å²) in [4.78, 5) is 21.8. The zero-order chi connectivity index (χ0) is 11.1. The van der Waals surface area contributed by atoms with Crippen molar-refractivity contribution in [2.75, 3.05) is 26.3 Å². The minimum Gasteiger partial charge on any atom is -0.462 e. The fourth-order valence-electron chi connectivity index (χ4n) is 1.22. The van der Waals surface area contributed by atoms with E-state index in [9.17, 15) is 9.59 Å². The minimum atomic E-state index is -0.368. The van der Waals surface area contributed by atoms with Crippen molar-refractivity contribution in [1.82, 2.24) is 5.32 Å². The Bertz CT molecular complexity index is 273. The Kier molecular flexibility index (Phi) is 4.83. The maximum absolute atomic E-state index is 11.4. The maximum atomic E-state index is 11.4. The van der Waals surface area contributed by atoms with Crippen LogP contribution < -0.4 is 5.32 Å². The lowest BCUT2D eigenvalue weighted by molar-refractivity contribution is -0.148. The van der Waals surface area contributed by atoms with Crippen LogP contribution in [0.4, 0.5) is 0 Å². The summed E-state index contributed by atoms with van der Waals surface area (Å²) in [5, 5.41) is 3.10. The number of carbonyl (C=O) groups excluding carboxylic acids is 2. The van der Waals surface area contributed by atoms with Crippen LogP contribution in [0.15, 0.2) is 11.6 Å². The molecule has 84 valence electrons. The van der Waals surface area contributed by atoms with E-state index in [0.29, 0.717) is 18.5 Å². The van der Waals surface area contributed by atoms with Crippen molar-refractivity contribution in [3.8, 4) is 0 Å². The molecule has 0 amide bonds. The van der Waals surface area contributed by atoms with E-state index < -0.39 is 0 Å². The molecule has 0 saturated heterocycles. The van der Waals surface area contributed by atoms with Gasteiger partial charge in [0.25, 0.3) is 0 Å². The first-order valence-electron chi connectivity index (χ1n) is 4.90. The Morgan fingerprint density at radius 2 is 2.13 bits per heavy atom. The monoisotopic (exact) mass is 213 g/mol. The van der Waals surface area contributed by atoms with Gasteiger partial charge in [-0.15, -0.1) is 0 Å². The van der Waals surface area contributed by atoms with E-state index in [-0.39, 0.29) is 25.2 Å². The molecule has 15 heavy (non-hydrogen) atoms. The van der Waals surface area contributed by atoms with Gasteiger partial charge in [0, 0.05) is 19.0 Å². The molecule has 0 saturated carbocycles. The molecule has 1 heterocycles. The summed E-state index contributed by atoms with van der Waals surface area (Å²) in [5.41, 5.74) is 0.691. The third-order valence-electron chi connectivity index (χ3n) is 1.95. The topological polar surface area (TPSA) is 64.6 Å². The van der Waals surface area contributed by atoms with E-state index in [2.05, 4.69) is 10.1 Å². The first-order chi connectivity index (χ1) is 7.20. The zero-order valence-corrected chi connectivity index (χ0v) is 8.75. The van der Waals surface area contributed by atoms with E-state index in [4.69, 9.17) is 4.74 Å². The lowest BCUT2D eigenvalue weighted by Gasteiger charge is -2.12. The van der Waals surface area contributed by atoms with Crippen molar-refractivity contribution >= 4 is 11.9 Å². The summed E-state index contributed by atoms with van der Waals surface area (Å²) >= 11 is 0. The predicted molar refractivity (Wildman–Crippen MR) is 53.2 cm³/mol. The molecule has 0 aromatic carbocycles. The van der Waals surface area contributed by atoms with E-state index in [1.807, 2.05) is 6.08 Å². The van der Waals surface area contributed by atoms with Crippen LogP contribution in [-0.2, 0) is 19.1 Å². The van der Waals surface area contributed by atoms with Crippen LogP contribution in [0.3, 0.4) is 0 Å². The normalized spacial score (nSPS) is 15.4. The molecule has 5 nitrogen and oxygen atoms in total. The van der Waals surface area contributed by atoms with Crippen LogP contribution in [0.1, 0.15) is 13.3 Å². The Morgan fingerprint density at radius 1 is 1.40 bits per heavy atom. The summed E-state index contributed by atoms with van der Waals surface area (Å²) in [6.07, 6.45) is 2.50. The van der Waals surface area contributed by atoms with Gasteiger partial charge in [-0.05, 0) is 13.0 Å². The van der Waals surface area contributed by atoms with Crippen LogP contribution >= 0.6 is 0 Å². The van der Waals surface area contributed by atoms with Crippen molar-refractivity contribution < 1.29 is 19.1 Å². The number of esters is 2. The quantitative estimate of drug-likeness (QED) is 0.526. The third-order valence-corrected chi connectivity index (χ3v) is 1.95. The molecule has 0 fully saturated rings. The second kappa shape index (κ2) is 6.19. The number of nitrogens with one attached hydrogen (secondary N) is 1. The second-order valence-corrected chi connectivity index (χ2v) is 3.16. The van der Waals surface area contributed by atoms with Gasteiger partial charge >= 0.3 is 11.9 Å². The second-order valence-electron chi connectivity index (χ2n) is 3.16. The van der Waals surface area contributed by atoms with Crippen LogP contribution in [-0.4, -0.2) is 38.2 Å². The Balaban J connectivity index is 2.18. The van der Waals surface area contributed by atoms with E-state index in [1.54, 1.807) is 0 Å². The summed E-state index contributed by atoms with van der Waals surface area (Å²) in [7, 11) is 0. The maximum Gasteiger partial charge on any atom is 0.333 e. The fraction of sp³-hybridized carbons (Fsp3) is 0.600. The number of carbonyl (C=O) groups is 2. The first kappa shape index (κ1) is 11.7. The Labute approximate surface area is 88.4 Å². The summed E-state index contributed by atoms with van der Waals surface area (Å²) in [6.45, 7) is 3.05. The molecule has 0 aromatic rings. The van der Waals surface area contributed by atoms with Crippen molar-refractivity contribution in [1.29, 1.82) is 0 Å². The largest absolute Gasteiger partial charge is 0.462 e. The van der Waals surface area contributed by atoms with E-state index in [1.165, 1.54) is 6.92 Å². The van der Waals surface area contributed by atoms with Crippen LogP contribution in [0, 0.1) is 0 Å². The molecule has 1 rings (SSSR count). The van der Waals surface area contributed by atoms with Gasteiger partial charge in [0.05, 0.1) is 0 Å². The molecule has 0 aromatic heterocycles. The molecular weight excluding hydrogens is 198 g/mol. The number of rotatable bonds is 4. The van der Waals surface area contributed by atoms with Crippen LogP contribution in [0.5, 0.6) is 0 Å². The molecule has 1 N–H and O–H groups in total. The molecule has 1 aliphatic rings. The number of ether oxygens (including phenoxy) is 2. The standard InChI is InChI=1S/C10H15NO4/c1-8(12)14-6-7-15-10(13)9-2-4-11-5-3-9/h2,11H,3-7H2,1H3. The zero-order valence-electron chi connectivity index (χ0n) is 8.75. The lowest BCUT2D eigenvalue weighted by Crippen LogP contribution is -2.24. The predicted octanol–water partition coefficient (Wildman–Crippen LogP) is 0.0124. The van der Waals surface area contributed by atoms with Gasteiger partial charge < -0.3 is 14.8 Å². The third kappa shape index (κ3) is 4.60. The van der Waals surface area contributed by atoms with Gasteiger partial charge in [0.15, 0.2) is 0 Å². The number of hydrogen-bond donors (Lipinski definition) is 1. The average Bonchev–Trinajstić information content (AvgIpc) is 2.25. The lowest BCUT2D eigenvalue weighted by atomic mass is 10.1. The molecule has 0 unspecified atom stereocenters. The van der Waals surface area contributed by atoms with Crippen molar-refractivity contribution in [3.05, 3.63) is 11.6 Å². The smallest absolute Gasteiger partial charge is 0.333 e. The van der Waals surface area contributed by atoms with E-state index in [0.717, 1.165) is 6.54 Å². The van der Waals surface area contributed by atoms with Gasteiger partial charge in [0.2, 0.25) is 0 Å². The molecule has 0 spiro atoms. The van der Waals surface area contributed by atoms with Crippen LogP contribution in [0.25, 0.3) is 0 Å². The Hall–Kier alpha value is -1.36. The highest BCUT2D eigenvalue weighted by molar-refractivity contribution is 5.88. The average molecular weight is 213 g/mol. The molecule has 1 aliphatic heterocycles. The summed E-state index contributed by atoms with van der Waals surface area (Å²) in [6, 6.07) is 0. The summed E-state index contributed by atoms with van der Waals surface area (Å²) in [5.74, 6) is -0.684. The van der Waals surface area contributed by atoms with Crippen molar-refractivity contribution in [2.24, 2.45) is 0 Å². The number of hydrogen-bond acceptors (Lipinski definition) is 5.